The maximum Gasteiger partial charge on any atom is 0.255 e. The van der Waals surface area contributed by atoms with E-state index in [1.165, 1.54) is 6.20 Å². The molecule has 0 saturated heterocycles. The van der Waals surface area contributed by atoms with Crippen molar-refractivity contribution in [1.29, 1.82) is 0 Å². The smallest absolute Gasteiger partial charge is 0.255 e. The lowest BCUT2D eigenvalue weighted by Crippen LogP contribution is -2.36. The lowest BCUT2D eigenvalue weighted by atomic mass is 10.2. The number of halogens is 1. The molecule has 1 amide bonds. The van der Waals surface area contributed by atoms with Gasteiger partial charge in [0.25, 0.3) is 5.91 Å². The van der Waals surface area contributed by atoms with Crippen LogP contribution in [0.1, 0.15) is 31.1 Å². The van der Waals surface area contributed by atoms with Crippen molar-refractivity contribution in [2.45, 2.75) is 26.8 Å². The van der Waals surface area contributed by atoms with Gasteiger partial charge in [0.1, 0.15) is 0 Å². The number of carbonyl (C=O) groups excluding carboxylic acids is 1. The molecule has 0 aliphatic heterocycles. The number of nitrogens with two attached hydrogens (primary N) is 1. The quantitative estimate of drug-likeness (QED) is 0.638. The van der Waals surface area contributed by atoms with Gasteiger partial charge in [-0.3, -0.25) is 4.79 Å². The number of nitrogen functional groups attached to an aromatic ring is 1. The van der Waals surface area contributed by atoms with Crippen LogP contribution in [0.2, 0.25) is 5.02 Å². The van der Waals surface area contributed by atoms with Crippen LogP contribution in [-0.4, -0.2) is 28.4 Å². The molecule has 1 aromatic rings. The number of hydrogen-bond donors (Lipinski definition) is 2. The van der Waals surface area contributed by atoms with Crippen LogP contribution in [0.3, 0.4) is 0 Å². The zero-order chi connectivity index (χ0) is 13.0. The summed E-state index contributed by atoms with van der Waals surface area (Å²) in [5.74, 6) is 5.49. The molecule has 1 rings (SSSR count). The van der Waals surface area contributed by atoms with Crippen LogP contribution >= 0.6 is 11.6 Å². The molecule has 0 spiro atoms. The van der Waals surface area contributed by atoms with E-state index in [0.717, 1.165) is 0 Å². The highest BCUT2D eigenvalue weighted by atomic mass is 35.5. The van der Waals surface area contributed by atoms with Crippen LogP contribution in [0.25, 0.3) is 0 Å². The number of anilines is 1. The minimum absolute atomic E-state index is 0.0829. The first-order valence-corrected chi connectivity index (χ1v) is 5.82. The second-order valence-corrected chi connectivity index (χ2v) is 4.29. The van der Waals surface area contributed by atoms with Crippen LogP contribution in [0.15, 0.2) is 12.3 Å². The Hall–Kier alpha value is -1.33. The van der Waals surface area contributed by atoms with E-state index >= 15 is 0 Å². The topological polar surface area (TPSA) is 71.2 Å². The van der Waals surface area contributed by atoms with E-state index in [0.29, 0.717) is 22.9 Å². The average molecular weight is 257 g/mol. The summed E-state index contributed by atoms with van der Waals surface area (Å²) in [6, 6.07) is 1.70. The first kappa shape index (κ1) is 13.7. The second kappa shape index (κ2) is 5.84. The Morgan fingerprint density at radius 1 is 1.65 bits per heavy atom. The summed E-state index contributed by atoms with van der Waals surface area (Å²) in [7, 11) is 0. The molecule has 6 heteroatoms. The van der Waals surface area contributed by atoms with Crippen LogP contribution in [-0.2, 0) is 0 Å². The molecule has 0 atom stereocenters. The fraction of sp³-hybridized carbons (Fsp3) is 0.455. The first-order valence-electron chi connectivity index (χ1n) is 5.44. The molecule has 0 radical (unpaired) electrons. The summed E-state index contributed by atoms with van der Waals surface area (Å²) in [6.45, 7) is 6.51. The Morgan fingerprint density at radius 3 is 2.71 bits per heavy atom. The Labute approximate surface area is 106 Å². The van der Waals surface area contributed by atoms with Crippen molar-refractivity contribution in [3.05, 3.63) is 22.8 Å². The van der Waals surface area contributed by atoms with Crippen molar-refractivity contribution in [2.24, 2.45) is 5.84 Å². The molecule has 0 aliphatic carbocycles. The molecule has 0 fully saturated rings. The number of nitrogens with one attached hydrogen (secondary N) is 1. The number of hydrazine groups is 1. The Bertz CT molecular complexity index is 408. The fourth-order valence-electron chi connectivity index (χ4n) is 1.57. The fourth-order valence-corrected chi connectivity index (χ4v) is 1.79. The van der Waals surface area contributed by atoms with Gasteiger partial charge >= 0.3 is 0 Å². The highest BCUT2D eigenvalue weighted by Gasteiger charge is 2.18. The SMILES string of the molecule is CCN(C(=O)c1cnc(NN)c(Cl)c1)C(C)C. The maximum atomic E-state index is 12.1. The minimum atomic E-state index is -0.0829. The van der Waals surface area contributed by atoms with E-state index in [1.54, 1.807) is 11.0 Å². The van der Waals surface area contributed by atoms with E-state index in [2.05, 4.69) is 10.4 Å². The van der Waals surface area contributed by atoms with Gasteiger partial charge in [-0.25, -0.2) is 10.8 Å². The number of aromatic nitrogens is 1. The van der Waals surface area contributed by atoms with Crippen LogP contribution in [0.4, 0.5) is 5.82 Å². The van der Waals surface area contributed by atoms with Gasteiger partial charge in [0.2, 0.25) is 0 Å². The lowest BCUT2D eigenvalue weighted by Gasteiger charge is -2.25. The third-order valence-electron chi connectivity index (χ3n) is 2.45. The van der Waals surface area contributed by atoms with E-state index in [4.69, 9.17) is 17.4 Å². The normalized spacial score (nSPS) is 10.5. The van der Waals surface area contributed by atoms with Crippen molar-refractivity contribution in [1.82, 2.24) is 9.88 Å². The van der Waals surface area contributed by atoms with Gasteiger partial charge in [-0.05, 0) is 26.8 Å². The first-order chi connectivity index (χ1) is 8.01. The number of hydrogen-bond acceptors (Lipinski definition) is 4. The predicted octanol–water partition coefficient (Wildman–Crippen LogP) is 1.89. The van der Waals surface area contributed by atoms with Gasteiger partial charge in [-0.15, -0.1) is 0 Å². The van der Waals surface area contributed by atoms with Gasteiger partial charge in [0.15, 0.2) is 5.82 Å². The third kappa shape index (κ3) is 3.08. The summed E-state index contributed by atoms with van der Waals surface area (Å²) >= 11 is 5.93. The molecule has 5 nitrogen and oxygen atoms in total. The highest BCUT2D eigenvalue weighted by Crippen LogP contribution is 2.20. The molecule has 3 N–H and O–H groups in total. The molecule has 17 heavy (non-hydrogen) atoms. The zero-order valence-corrected chi connectivity index (χ0v) is 11.0. The number of carbonyl (C=O) groups is 1. The lowest BCUT2D eigenvalue weighted by molar-refractivity contribution is 0.0716. The van der Waals surface area contributed by atoms with Crippen molar-refractivity contribution in [3.63, 3.8) is 0 Å². The summed E-state index contributed by atoms with van der Waals surface area (Å²) in [4.78, 5) is 17.9. The third-order valence-corrected chi connectivity index (χ3v) is 2.74. The Balaban J connectivity index is 3.00. The number of rotatable bonds is 4. The predicted molar refractivity (Wildman–Crippen MR) is 68.9 cm³/mol. The zero-order valence-electron chi connectivity index (χ0n) is 10.2. The van der Waals surface area contributed by atoms with E-state index in [9.17, 15) is 4.79 Å². The monoisotopic (exact) mass is 256 g/mol. The van der Waals surface area contributed by atoms with Crippen molar-refractivity contribution >= 4 is 23.3 Å². The van der Waals surface area contributed by atoms with Gasteiger partial charge < -0.3 is 10.3 Å². The van der Waals surface area contributed by atoms with E-state index < -0.39 is 0 Å². The van der Waals surface area contributed by atoms with Crippen LogP contribution < -0.4 is 11.3 Å². The summed E-state index contributed by atoms with van der Waals surface area (Å²) in [5, 5.41) is 0.332. The summed E-state index contributed by atoms with van der Waals surface area (Å²) in [5.41, 5.74) is 2.82. The van der Waals surface area contributed by atoms with E-state index in [-0.39, 0.29) is 11.9 Å². The number of amides is 1. The number of nitrogens with zero attached hydrogens (tertiary/aromatic N) is 2. The summed E-state index contributed by atoms with van der Waals surface area (Å²) in [6.07, 6.45) is 1.47. The largest absolute Gasteiger partial charge is 0.336 e. The maximum absolute atomic E-state index is 12.1. The standard InChI is InChI=1S/C11H17ClN4O/c1-4-16(7(2)3)11(17)8-5-9(12)10(15-13)14-6-8/h5-7H,4,13H2,1-3H3,(H,14,15). The van der Waals surface area contributed by atoms with Crippen molar-refractivity contribution in [3.8, 4) is 0 Å². The van der Waals surface area contributed by atoms with Gasteiger partial charge in [-0.2, -0.15) is 0 Å². The minimum Gasteiger partial charge on any atom is -0.336 e. The molecule has 1 heterocycles. The second-order valence-electron chi connectivity index (χ2n) is 3.88. The highest BCUT2D eigenvalue weighted by molar-refractivity contribution is 6.33. The van der Waals surface area contributed by atoms with Crippen molar-refractivity contribution < 1.29 is 4.79 Å². The van der Waals surface area contributed by atoms with E-state index in [1.807, 2.05) is 20.8 Å². The van der Waals surface area contributed by atoms with Gasteiger partial charge in [-0.1, -0.05) is 11.6 Å². The molecular weight excluding hydrogens is 240 g/mol. The average Bonchev–Trinajstić information content (AvgIpc) is 2.29. The molecule has 0 aromatic carbocycles. The van der Waals surface area contributed by atoms with Crippen molar-refractivity contribution in [2.75, 3.05) is 12.0 Å². The van der Waals surface area contributed by atoms with Crippen LogP contribution in [0, 0.1) is 0 Å². The van der Waals surface area contributed by atoms with Gasteiger partial charge in [0, 0.05) is 18.8 Å². The Morgan fingerprint density at radius 2 is 2.29 bits per heavy atom. The molecule has 0 bridgehead atoms. The molecule has 0 aliphatic rings. The molecule has 1 aromatic heterocycles. The molecule has 0 saturated carbocycles. The summed E-state index contributed by atoms with van der Waals surface area (Å²) < 4.78 is 0. The van der Waals surface area contributed by atoms with Gasteiger partial charge in [0.05, 0.1) is 10.6 Å². The Kier molecular flexibility index (Phi) is 4.72. The molecule has 0 unspecified atom stereocenters. The molecule has 94 valence electrons. The molecular formula is C11H17ClN4O. The number of pyridine rings is 1. The van der Waals surface area contributed by atoms with Crippen LogP contribution in [0.5, 0.6) is 0 Å².